The van der Waals surface area contributed by atoms with Crippen LogP contribution in [0.1, 0.15) is 66.4 Å². The lowest BCUT2D eigenvalue weighted by molar-refractivity contribution is -0.136. The Balaban J connectivity index is 1.61. The fraction of sp³-hybridized carbons (Fsp3) is 0.440. The number of unbranched alkanes of at least 4 members (excludes halogenated alkanes) is 1. The second-order valence-corrected chi connectivity index (χ2v) is 9.31. The molecule has 0 fully saturated rings. The Hall–Kier alpha value is -3.20. The minimum absolute atomic E-state index is 0.230. The summed E-state index contributed by atoms with van der Waals surface area (Å²) in [5.41, 5.74) is 4.24. The molecule has 1 aromatic heterocycles. The minimum atomic E-state index is -0.926. The van der Waals surface area contributed by atoms with Gasteiger partial charge in [0, 0.05) is 4.88 Å². The molecule has 0 saturated carbocycles. The number of fused-ring (bicyclic) bond motifs is 1. The summed E-state index contributed by atoms with van der Waals surface area (Å²) >= 11 is 1.33. The minimum Gasteiger partial charge on any atom is -0.494 e. The summed E-state index contributed by atoms with van der Waals surface area (Å²) < 4.78 is 10.8. The van der Waals surface area contributed by atoms with E-state index in [1.54, 1.807) is 19.1 Å². The highest BCUT2D eigenvalue weighted by atomic mass is 32.1. The Bertz CT molecular complexity index is 1050. The summed E-state index contributed by atoms with van der Waals surface area (Å²) in [6, 6.07) is 7.25. The van der Waals surface area contributed by atoms with E-state index >= 15 is 0 Å². The quantitative estimate of drug-likeness (QED) is 0.181. The third-order valence-electron chi connectivity index (χ3n) is 5.45. The number of thiophene rings is 1. The molecule has 2 N–H and O–H groups in total. The van der Waals surface area contributed by atoms with Gasteiger partial charge in [0.1, 0.15) is 10.8 Å². The molecule has 1 atom stereocenters. The van der Waals surface area contributed by atoms with Crippen molar-refractivity contribution in [2.45, 2.75) is 52.9 Å². The number of rotatable bonds is 9. The van der Waals surface area contributed by atoms with Gasteiger partial charge in [-0.05, 0) is 73.9 Å². The van der Waals surface area contributed by atoms with Crippen molar-refractivity contribution < 1.29 is 23.9 Å². The van der Waals surface area contributed by atoms with Gasteiger partial charge in [-0.3, -0.25) is 9.59 Å². The van der Waals surface area contributed by atoms with Crippen LogP contribution in [0, 0.1) is 5.92 Å². The largest absolute Gasteiger partial charge is 0.494 e. The van der Waals surface area contributed by atoms with Gasteiger partial charge < -0.3 is 14.8 Å². The van der Waals surface area contributed by atoms with Crippen molar-refractivity contribution in [1.29, 1.82) is 0 Å². The third-order valence-corrected chi connectivity index (χ3v) is 6.62. The summed E-state index contributed by atoms with van der Waals surface area (Å²) in [7, 11) is 0. The number of nitrogens with zero attached hydrogens (tertiary/aromatic N) is 1. The second-order valence-electron chi connectivity index (χ2n) is 8.20. The molecule has 182 valence electrons. The van der Waals surface area contributed by atoms with E-state index in [0.29, 0.717) is 23.1 Å². The van der Waals surface area contributed by atoms with Crippen LogP contribution in [0.15, 0.2) is 29.4 Å². The number of amides is 2. The van der Waals surface area contributed by atoms with E-state index in [4.69, 9.17) is 9.47 Å². The molecule has 1 aliphatic carbocycles. The normalized spacial score (nSPS) is 15.0. The van der Waals surface area contributed by atoms with Gasteiger partial charge in [0.2, 0.25) is 0 Å². The van der Waals surface area contributed by atoms with E-state index in [-0.39, 0.29) is 6.61 Å². The molecule has 0 spiro atoms. The van der Waals surface area contributed by atoms with Gasteiger partial charge in [-0.15, -0.1) is 11.3 Å². The highest BCUT2D eigenvalue weighted by molar-refractivity contribution is 7.17. The van der Waals surface area contributed by atoms with E-state index in [9.17, 15) is 14.4 Å². The molecule has 0 radical (unpaired) electrons. The number of benzene rings is 1. The molecule has 3 rings (SSSR count). The van der Waals surface area contributed by atoms with Gasteiger partial charge in [0.05, 0.1) is 25.0 Å². The number of hydrazone groups is 1. The number of ether oxygens (including phenoxy) is 2. The molecule has 1 heterocycles. The Morgan fingerprint density at radius 3 is 2.65 bits per heavy atom. The Morgan fingerprint density at radius 1 is 1.18 bits per heavy atom. The number of hydrogen-bond donors (Lipinski definition) is 2. The number of carbonyl (C=O) groups is 3. The third kappa shape index (κ3) is 6.66. The van der Waals surface area contributed by atoms with E-state index in [2.05, 4.69) is 29.7 Å². The molecule has 1 aromatic carbocycles. The molecule has 9 heteroatoms. The summed E-state index contributed by atoms with van der Waals surface area (Å²) in [5.74, 6) is -1.04. The van der Waals surface area contributed by atoms with E-state index in [1.807, 2.05) is 12.1 Å². The van der Waals surface area contributed by atoms with Crippen LogP contribution >= 0.6 is 11.3 Å². The number of hydrogen-bond acceptors (Lipinski definition) is 7. The average molecular weight is 486 g/mol. The van der Waals surface area contributed by atoms with Crippen molar-refractivity contribution in [2.24, 2.45) is 11.0 Å². The summed E-state index contributed by atoms with van der Waals surface area (Å²) in [4.78, 5) is 38.4. The van der Waals surface area contributed by atoms with Crippen LogP contribution in [0.3, 0.4) is 0 Å². The topological polar surface area (TPSA) is 106 Å². The molecule has 0 aliphatic heterocycles. The van der Waals surface area contributed by atoms with Crippen LogP contribution in [-0.4, -0.2) is 37.2 Å². The zero-order valence-corrected chi connectivity index (χ0v) is 20.6. The molecular formula is C25H31N3O5S. The van der Waals surface area contributed by atoms with Crippen molar-refractivity contribution in [3.05, 3.63) is 45.8 Å². The van der Waals surface area contributed by atoms with Crippen LogP contribution in [0.2, 0.25) is 0 Å². The van der Waals surface area contributed by atoms with Crippen molar-refractivity contribution >= 4 is 40.3 Å². The average Bonchev–Trinajstić information content (AvgIpc) is 3.17. The summed E-state index contributed by atoms with van der Waals surface area (Å²) in [6.07, 6.45) is 6.04. The highest BCUT2D eigenvalue weighted by Gasteiger charge is 2.30. The SMILES string of the molecule is CCCCOc1ccc(/C=N/NC(=O)C(=O)Nc2sc3c(c2C(=O)OCC)CCC(C)C3)cc1. The molecule has 1 aliphatic rings. The van der Waals surface area contributed by atoms with Crippen LogP contribution in [0.4, 0.5) is 5.00 Å². The maximum atomic E-state index is 12.6. The first-order valence-electron chi connectivity index (χ1n) is 11.6. The van der Waals surface area contributed by atoms with Crippen LogP contribution in [-0.2, 0) is 27.2 Å². The Labute approximate surface area is 203 Å². The molecule has 8 nitrogen and oxygen atoms in total. The zero-order chi connectivity index (χ0) is 24.5. The number of anilines is 1. The van der Waals surface area contributed by atoms with Crippen LogP contribution < -0.4 is 15.5 Å². The van der Waals surface area contributed by atoms with Crippen molar-refractivity contribution in [2.75, 3.05) is 18.5 Å². The maximum Gasteiger partial charge on any atom is 0.341 e. The molecule has 2 amide bonds. The Kier molecular flexibility index (Phi) is 9.21. The first-order valence-corrected chi connectivity index (χ1v) is 12.4. The first kappa shape index (κ1) is 25.4. The molecule has 0 bridgehead atoms. The maximum absolute atomic E-state index is 12.6. The fourth-order valence-corrected chi connectivity index (χ4v) is 5.01. The smallest absolute Gasteiger partial charge is 0.341 e. The van der Waals surface area contributed by atoms with Gasteiger partial charge in [-0.25, -0.2) is 10.2 Å². The van der Waals surface area contributed by atoms with Crippen molar-refractivity contribution in [1.82, 2.24) is 5.43 Å². The van der Waals surface area contributed by atoms with Crippen LogP contribution in [0.25, 0.3) is 0 Å². The Morgan fingerprint density at radius 2 is 1.94 bits per heavy atom. The summed E-state index contributed by atoms with van der Waals surface area (Å²) in [5, 5.41) is 6.78. The predicted molar refractivity (Wildman–Crippen MR) is 133 cm³/mol. The van der Waals surface area contributed by atoms with E-state index in [1.165, 1.54) is 17.6 Å². The lowest BCUT2D eigenvalue weighted by Gasteiger charge is -2.18. The molecule has 0 saturated heterocycles. The predicted octanol–water partition coefficient (Wildman–Crippen LogP) is 4.32. The lowest BCUT2D eigenvalue weighted by Crippen LogP contribution is -2.32. The standard InChI is InChI=1S/C25H31N3O5S/c1-4-6-13-33-18-10-8-17(9-11-18)15-26-28-23(30)22(29)27-24-21(25(31)32-5-2)19-12-7-16(3)14-20(19)34-24/h8-11,15-16H,4-7,12-14H2,1-3H3,(H,27,29)(H,28,30)/b26-15+. The van der Waals surface area contributed by atoms with Gasteiger partial charge in [-0.2, -0.15) is 5.10 Å². The molecule has 34 heavy (non-hydrogen) atoms. The van der Waals surface area contributed by atoms with Gasteiger partial charge >= 0.3 is 17.8 Å². The van der Waals surface area contributed by atoms with Crippen LogP contribution in [0.5, 0.6) is 5.75 Å². The van der Waals surface area contributed by atoms with Gasteiger partial charge in [-0.1, -0.05) is 20.3 Å². The van der Waals surface area contributed by atoms with E-state index < -0.39 is 17.8 Å². The first-order chi connectivity index (χ1) is 16.4. The second kappa shape index (κ2) is 12.3. The molecule has 1 unspecified atom stereocenters. The highest BCUT2D eigenvalue weighted by Crippen LogP contribution is 2.40. The zero-order valence-electron chi connectivity index (χ0n) is 19.8. The lowest BCUT2D eigenvalue weighted by atomic mass is 9.88. The number of esters is 1. The van der Waals surface area contributed by atoms with Crippen molar-refractivity contribution in [3.63, 3.8) is 0 Å². The number of nitrogens with one attached hydrogen (secondary N) is 2. The fourth-order valence-electron chi connectivity index (χ4n) is 3.62. The monoisotopic (exact) mass is 485 g/mol. The van der Waals surface area contributed by atoms with Gasteiger partial charge in [0.25, 0.3) is 0 Å². The molecule has 2 aromatic rings. The number of carbonyl (C=O) groups excluding carboxylic acids is 3. The molecular weight excluding hydrogens is 454 g/mol. The van der Waals surface area contributed by atoms with Gasteiger partial charge in [0.15, 0.2) is 0 Å². The van der Waals surface area contributed by atoms with Crippen molar-refractivity contribution in [3.8, 4) is 5.75 Å². The van der Waals surface area contributed by atoms with E-state index in [0.717, 1.165) is 53.9 Å². The summed E-state index contributed by atoms with van der Waals surface area (Å²) in [6.45, 7) is 6.89.